The molecule has 126 valence electrons. The molecule has 1 aromatic carbocycles. The van der Waals surface area contributed by atoms with Crippen molar-refractivity contribution in [2.24, 2.45) is 17.3 Å². The molecule has 1 aliphatic heterocycles. The third-order valence-corrected chi connectivity index (χ3v) is 6.02. The SMILES string of the molecule is Cc1ccccc1C(NC(=O)C1CC12CCNCC2)C1CC1.Cl. The van der Waals surface area contributed by atoms with E-state index in [1.54, 1.807) is 0 Å². The number of carbonyl (C=O) groups excluding carboxylic acids is 1. The van der Waals surface area contributed by atoms with Crippen LogP contribution in [0.3, 0.4) is 0 Å². The molecule has 1 amide bonds. The lowest BCUT2D eigenvalue weighted by Gasteiger charge is -2.25. The van der Waals surface area contributed by atoms with Crippen LogP contribution in [0, 0.1) is 24.2 Å². The minimum absolute atomic E-state index is 0. The molecule has 2 N–H and O–H groups in total. The van der Waals surface area contributed by atoms with Gasteiger partial charge >= 0.3 is 0 Å². The van der Waals surface area contributed by atoms with E-state index in [2.05, 4.69) is 41.8 Å². The summed E-state index contributed by atoms with van der Waals surface area (Å²) in [6.45, 7) is 4.31. The van der Waals surface area contributed by atoms with Crippen molar-refractivity contribution in [3.8, 4) is 0 Å². The van der Waals surface area contributed by atoms with E-state index >= 15 is 0 Å². The lowest BCUT2D eigenvalue weighted by Crippen LogP contribution is -2.36. The van der Waals surface area contributed by atoms with Crippen LogP contribution in [-0.4, -0.2) is 19.0 Å². The molecule has 1 heterocycles. The average Bonchev–Trinajstić information content (AvgIpc) is 3.43. The Morgan fingerprint density at radius 1 is 1.26 bits per heavy atom. The van der Waals surface area contributed by atoms with Gasteiger partial charge in [-0.2, -0.15) is 0 Å². The van der Waals surface area contributed by atoms with Gasteiger partial charge in [-0.1, -0.05) is 24.3 Å². The molecule has 0 bridgehead atoms. The van der Waals surface area contributed by atoms with Gasteiger partial charge in [0, 0.05) is 5.92 Å². The van der Waals surface area contributed by atoms with Gasteiger partial charge in [0.05, 0.1) is 6.04 Å². The van der Waals surface area contributed by atoms with E-state index in [9.17, 15) is 4.79 Å². The largest absolute Gasteiger partial charge is 0.349 e. The van der Waals surface area contributed by atoms with Crippen molar-refractivity contribution >= 4 is 18.3 Å². The monoisotopic (exact) mass is 334 g/mol. The third kappa shape index (κ3) is 3.27. The Bertz CT molecular complexity index is 578. The van der Waals surface area contributed by atoms with Gasteiger partial charge < -0.3 is 10.6 Å². The van der Waals surface area contributed by atoms with Crippen molar-refractivity contribution in [3.63, 3.8) is 0 Å². The molecule has 2 aliphatic carbocycles. The Morgan fingerprint density at radius 2 is 1.96 bits per heavy atom. The fourth-order valence-electron chi connectivity index (χ4n) is 4.26. The molecule has 4 rings (SSSR count). The predicted octanol–water partition coefficient (Wildman–Crippen LogP) is 3.37. The van der Waals surface area contributed by atoms with E-state index in [0.29, 0.717) is 17.2 Å². The zero-order chi connectivity index (χ0) is 15.2. The van der Waals surface area contributed by atoms with Gasteiger partial charge in [0.1, 0.15) is 0 Å². The standard InChI is InChI=1S/C19H26N2O.ClH/c1-13-4-2-3-5-15(13)17(14-6-7-14)21-18(22)16-12-19(16)8-10-20-11-9-19;/h2-5,14,16-17,20H,6-12H2,1H3,(H,21,22);1H. The molecule has 2 saturated carbocycles. The van der Waals surface area contributed by atoms with E-state index in [1.807, 2.05) is 0 Å². The first-order chi connectivity index (χ1) is 10.7. The molecule has 0 aromatic heterocycles. The summed E-state index contributed by atoms with van der Waals surface area (Å²) in [6, 6.07) is 8.74. The summed E-state index contributed by atoms with van der Waals surface area (Å²) in [6.07, 6.45) is 5.94. The van der Waals surface area contributed by atoms with Crippen LogP contribution in [0.5, 0.6) is 0 Å². The molecule has 2 atom stereocenters. The van der Waals surface area contributed by atoms with Crippen molar-refractivity contribution in [2.45, 2.75) is 45.1 Å². The maximum absolute atomic E-state index is 12.8. The number of carbonyl (C=O) groups is 1. The second-order valence-electron chi connectivity index (χ2n) is 7.55. The van der Waals surface area contributed by atoms with Crippen LogP contribution >= 0.6 is 12.4 Å². The summed E-state index contributed by atoms with van der Waals surface area (Å²) in [4.78, 5) is 12.8. The van der Waals surface area contributed by atoms with Crippen LogP contribution < -0.4 is 10.6 Å². The molecular formula is C19H27ClN2O. The van der Waals surface area contributed by atoms with Gasteiger partial charge in [0.25, 0.3) is 0 Å². The maximum Gasteiger partial charge on any atom is 0.224 e. The summed E-state index contributed by atoms with van der Waals surface area (Å²) in [5.41, 5.74) is 2.94. The highest BCUT2D eigenvalue weighted by molar-refractivity contribution is 5.85. The lowest BCUT2D eigenvalue weighted by molar-refractivity contribution is -0.124. The molecule has 1 spiro atoms. The summed E-state index contributed by atoms with van der Waals surface area (Å²) >= 11 is 0. The second kappa shape index (κ2) is 6.45. The maximum atomic E-state index is 12.8. The van der Waals surface area contributed by atoms with E-state index in [4.69, 9.17) is 0 Å². The normalized spacial score (nSPS) is 26.2. The van der Waals surface area contributed by atoms with Crippen LogP contribution in [0.1, 0.15) is 49.3 Å². The molecule has 3 fully saturated rings. The minimum atomic E-state index is 0. The summed E-state index contributed by atoms with van der Waals surface area (Å²) < 4.78 is 0. The fourth-order valence-corrected chi connectivity index (χ4v) is 4.26. The highest BCUT2D eigenvalue weighted by Crippen LogP contribution is 2.59. The minimum Gasteiger partial charge on any atom is -0.349 e. The second-order valence-corrected chi connectivity index (χ2v) is 7.55. The molecule has 3 nitrogen and oxygen atoms in total. The number of nitrogens with one attached hydrogen (secondary N) is 2. The highest BCUT2D eigenvalue weighted by Gasteiger charge is 2.58. The van der Waals surface area contributed by atoms with E-state index in [1.165, 1.54) is 36.8 Å². The van der Waals surface area contributed by atoms with Crippen LogP contribution in [-0.2, 0) is 4.79 Å². The smallest absolute Gasteiger partial charge is 0.224 e. The van der Waals surface area contributed by atoms with Crippen molar-refractivity contribution in [2.75, 3.05) is 13.1 Å². The quantitative estimate of drug-likeness (QED) is 0.886. The zero-order valence-electron chi connectivity index (χ0n) is 13.8. The van der Waals surface area contributed by atoms with Crippen LogP contribution in [0.25, 0.3) is 0 Å². The first-order valence-electron chi connectivity index (χ1n) is 8.76. The van der Waals surface area contributed by atoms with Crippen molar-refractivity contribution in [1.29, 1.82) is 0 Å². The van der Waals surface area contributed by atoms with Crippen LogP contribution in [0.2, 0.25) is 0 Å². The van der Waals surface area contributed by atoms with Gasteiger partial charge in [0.2, 0.25) is 5.91 Å². The van der Waals surface area contributed by atoms with Crippen molar-refractivity contribution < 1.29 is 4.79 Å². The van der Waals surface area contributed by atoms with Crippen molar-refractivity contribution in [1.82, 2.24) is 10.6 Å². The number of rotatable bonds is 4. The Morgan fingerprint density at radius 3 is 2.61 bits per heavy atom. The van der Waals surface area contributed by atoms with Gasteiger partial charge in [0.15, 0.2) is 0 Å². The van der Waals surface area contributed by atoms with Gasteiger partial charge in [-0.25, -0.2) is 0 Å². The Kier molecular flexibility index (Phi) is 4.70. The third-order valence-electron chi connectivity index (χ3n) is 6.02. The van der Waals surface area contributed by atoms with E-state index in [-0.39, 0.29) is 24.4 Å². The fraction of sp³-hybridized carbons (Fsp3) is 0.632. The number of halogens is 1. The first kappa shape index (κ1) is 16.8. The van der Waals surface area contributed by atoms with Gasteiger partial charge in [-0.15, -0.1) is 12.4 Å². The summed E-state index contributed by atoms with van der Waals surface area (Å²) in [7, 11) is 0. The highest BCUT2D eigenvalue weighted by atomic mass is 35.5. The number of piperidine rings is 1. The van der Waals surface area contributed by atoms with E-state index in [0.717, 1.165) is 19.5 Å². The summed E-state index contributed by atoms with van der Waals surface area (Å²) in [5, 5.41) is 6.82. The molecule has 23 heavy (non-hydrogen) atoms. The molecule has 1 aromatic rings. The Balaban J connectivity index is 0.00000156. The van der Waals surface area contributed by atoms with Crippen LogP contribution in [0.4, 0.5) is 0 Å². The molecule has 1 saturated heterocycles. The average molecular weight is 335 g/mol. The predicted molar refractivity (Wildman–Crippen MR) is 94.7 cm³/mol. The number of aryl methyl sites for hydroxylation is 1. The first-order valence-corrected chi connectivity index (χ1v) is 8.76. The Labute approximate surface area is 145 Å². The number of amides is 1. The molecule has 3 aliphatic rings. The molecule has 2 unspecified atom stereocenters. The molecule has 0 radical (unpaired) electrons. The van der Waals surface area contributed by atoms with Gasteiger partial charge in [-0.3, -0.25) is 4.79 Å². The molecule has 4 heteroatoms. The van der Waals surface area contributed by atoms with Crippen molar-refractivity contribution in [3.05, 3.63) is 35.4 Å². The number of hydrogen-bond acceptors (Lipinski definition) is 2. The number of hydrogen-bond donors (Lipinski definition) is 2. The topological polar surface area (TPSA) is 41.1 Å². The molecular weight excluding hydrogens is 308 g/mol. The lowest BCUT2D eigenvalue weighted by atomic mass is 9.91. The van der Waals surface area contributed by atoms with Gasteiger partial charge in [-0.05, 0) is 74.6 Å². The summed E-state index contributed by atoms with van der Waals surface area (Å²) in [5.74, 6) is 1.22. The number of benzene rings is 1. The van der Waals surface area contributed by atoms with Crippen LogP contribution in [0.15, 0.2) is 24.3 Å². The van der Waals surface area contributed by atoms with E-state index < -0.39 is 0 Å². The Hall–Kier alpha value is -1.06. The zero-order valence-corrected chi connectivity index (χ0v) is 14.6.